The summed E-state index contributed by atoms with van der Waals surface area (Å²) in [6.45, 7) is 2.52. The van der Waals surface area contributed by atoms with E-state index in [2.05, 4.69) is 10.2 Å². The van der Waals surface area contributed by atoms with Crippen LogP contribution in [0.2, 0.25) is 0 Å². The highest BCUT2D eigenvalue weighted by atomic mass is 32.2. The molecule has 170 valence electrons. The van der Waals surface area contributed by atoms with E-state index in [-0.39, 0.29) is 11.3 Å². The van der Waals surface area contributed by atoms with Gasteiger partial charge in [0.2, 0.25) is 0 Å². The number of alkyl halides is 3. The lowest BCUT2D eigenvalue weighted by Gasteiger charge is -2.14. The van der Waals surface area contributed by atoms with E-state index in [1.165, 1.54) is 23.4 Å². The number of nitrogens with zero attached hydrogens (tertiary/aromatic N) is 4. The largest absolute Gasteiger partial charge is 0.416 e. The Morgan fingerprint density at radius 3 is 2.67 bits per heavy atom. The number of hydrogen-bond donors (Lipinski definition) is 0. The molecule has 0 saturated heterocycles. The van der Waals surface area contributed by atoms with Crippen molar-refractivity contribution in [3.8, 4) is 11.4 Å². The molecule has 0 spiro atoms. The summed E-state index contributed by atoms with van der Waals surface area (Å²) in [5.74, 6) is -0.206. The Morgan fingerprint density at radius 2 is 1.88 bits per heavy atom. The molecular weight excluding hydrogens is 452 g/mol. The molecule has 5 rings (SSSR count). The van der Waals surface area contributed by atoms with Crippen molar-refractivity contribution in [1.29, 1.82) is 0 Å². The maximum Gasteiger partial charge on any atom is 0.416 e. The first-order chi connectivity index (χ1) is 15.9. The molecule has 0 aliphatic heterocycles. The second-order valence-corrected chi connectivity index (χ2v) is 8.86. The minimum Gasteiger partial charge on any atom is -0.302 e. The van der Waals surface area contributed by atoms with Crippen LogP contribution in [-0.4, -0.2) is 19.7 Å². The van der Waals surface area contributed by atoms with Gasteiger partial charge in [-0.15, -0.1) is 10.2 Å². The molecule has 33 heavy (non-hydrogen) atoms. The third kappa shape index (κ3) is 3.99. The molecule has 1 aliphatic rings. The zero-order valence-electron chi connectivity index (χ0n) is 17.8. The molecule has 2 aromatic heterocycles. The third-order valence-electron chi connectivity index (χ3n) is 5.91. The fourth-order valence-corrected chi connectivity index (χ4v) is 5.42. The lowest BCUT2D eigenvalue weighted by Crippen LogP contribution is -2.09. The topological polar surface area (TPSA) is 43.6 Å². The van der Waals surface area contributed by atoms with Crippen molar-refractivity contribution in [1.82, 2.24) is 19.7 Å². The van der Waals surface area contributed by atoms with E-state index < -0.39 is 17.6 Å². The first-order valence-electron chi connectivity index (χ1n) is 10.7. The van der Waals surface area contributed by atoms with Crippen LogP contribution in [0.15, 0.2) is 47.6 Å². The number of fused-ring (bicyclic) bond motifs is 2. The lowest BCUT2D eigenvalue weighted by molar-refractivity contribution is -0.138. The molecule has 0 saturated carbocycles. The molecule has 9 heteroatoms. The number of para-hydroxylation sites is 1. The number of aryl methyl sites for hydroxylation is 1. The van der Waals surface area contributed by atoms with Crippen LogP contribution in [0.4, 0.5) is 17.6 Å². The van der Waals surface area contributed by atoms with Crippen LogP contribution < -0.4 is 0 Å². The molecule has 2 heterocycles. The van der Waals surface area contributed by atoms with Gasteiger partial charge >= 0.3 is 6.18 Å². The summed E-state index contributed by atoms with van der Waals surface area (Å²) < 4.78 is 55.5. The second kappa shape index (κ2) is 8.44. The summed E-state index contributed by atoms with van der Waals surface area (Å²) in [4.78, 5) is 4.82. The minimum absolute atomic E-state index is 0.00244. The molecular formula is C24H20F4N4S. The van der Waals surface area contributed by atoms with Crippen molar-refractivity contribution in [2.75, 3.05) is 0 Å². The SMILES string of the molecule is CCn1c(SCc2ccc(F)cc2C(F)(F)F)nnc1-c1c2c(nc3ccccc13)CCC2. The Bertz CT molecular complexity index is 1350. The van der Waals surface area contributed by atoms with Crippen LogP contribution in [0.25, 0.3) is 22.3 Å². The molecule has 0 unspecified atom stereocenters. The van der Waals surface area contributed by atoms with Gasteiger partial charge < -0.3 is 4.57 Å². The van der Waals surface area contributed by atoms with E-state index in [1.54, 1.807) is 0 Å². The third-order valence-corrected chi connectivity index (χ3v) is 6.93. The molecule has 2 aromatic carbocycles. The van der Waals surface area contributed by atoms with Crippen LogP contribution in [0, 0.1) is 5.82 Å². The van der Waals surface area contributed by atoms with Gasteiger partial charge in [0.15, 0.2) is 11.0 Å². The van der Waals surface area contributed by atoms with Gasteiger partial charge in [0, 0.05) is 28.9 Å². The Morgan fingerprint density at radius 1 is 1.06 bits per heavy atom. The molecule has 1 aliphatic carbocycles. The van der Waals surface area contributed by atoms with Crippen molar-refractivity contribution in [3.63, 3.8) is 0 Å². The van der Waals surface area contributed by atoms with E-state index >= 15 is 0 Å². The molecule has 0 bridgehead atoms. The summed E-state index contributed by atoms with van der Waals surface area (Å²) in [6, 6.07) is 10.7. The fourth-order valence-electron chi connectivity index (χ4n) is 4.41. The zero-order valence-corrected chi connectivity index (χ0v) is 18.6. The molecule has 0 fully saturated rings. The predicted octanol–water partition coefficient (Wildman–Crippen LogP) is 6.45. The van der Waals surface area contributed by atoms with Crippen molar-refractivity contribution < 1.29 is 17.6 Å². The van der Waals surface area contributed by atoms with Gasteiger partial charge in [0.1, 0.15) is 5.82 Å². The molecule has 0 N–H and O–H groups in total. The van der Waals surface area contributed by atoms with Crippen molar-refractivity contribution in [3.05, 3.63) is 70.7 Å². The van der Waals surface area contributed by atoms with Gasteiger partial charge in [0.25, 0.3) is 0 Å². The van der Waals surface area contributed by atoms with E-state index in [9.17, 15) is 17.6 Å². The molecule has 0 radical (unpaired) electrons. The highest BCUT2D eigenvalue weighted by molar-refractivity contribution is 7.98. The van der Waals surface area contributed by atoms with Crippen LogP contribution in [0.3, 0.4) is 0 Å². The van der Waals surface area contributed by atoms with Gasteiger partial charge in [0.05, 0.1) is 11.1 Å². The van der Waals surface area contributed by atoms with Gasteiger partial charge in [-0.3, -0.25) is 4.98 Å². The first kappa shape index (κ1) is 21.9. The van der Waals surface area contributed by atoms with Crippen LogP contribution in [-0.2, 0) is 31.3 Å². The maximum atomic E-state index is 13.4. The zero-order chi connectivity index (χ0) is 23.2. The maximum absolute atomic E-state index is 13.4. The number of halogens is 4. The highest BCUT2D eigenvalue weighted by Crippen LogP contribution is 2.39. The molecule has 0 amide bonds. The van der Waals surface area contributed by atoms with Crippen molar-refractivity contribution >= 4 is 22.7 Å². The average molecular weight is 473 g/mol. The lowest BCUT2D eigenvalue weighted by atomic mass is 10.0. The number of aromatic nitrogens is 4. The predicted molar refractivity (Wildman–Crippen MR) is 119 cm³/mol. The Balaban J connectivity index is 1.55. The molecule has 4 aromatic rings. The van der Waals surface area contributed by atoms with Gasteiger partial charge in [-0.05, 0) is 55.5 Å². The first-order valence-corrected chi connectivity index (χ1v) is 11.7. The number of rotatable bonds is 5. The summed E-state index contributed by atoms with van der Waals surface area (Å²) in [5, 5.41) is 10.3. The van der Waals surface area contributed by atoms with Crippen LogP contribution >= 0.6 is 11.8 Å². The van der Waals surface area contributed by atoms with E-state index in [0.717, 1.165) is 47.5 Å². The molecule has 4 nitrogen and oxygen atoms in total. The monoisotopic (exact) mass is 472 g/mol. The smallest absolute Gasteiger partial charge is 0.302 e. The number of pyridine rings is 1. The second-order valence-electron chi connectivity index (χ2n) is 7.92. The van der Waals surface area contributed by atoms with E-state index in [4.69, 9.17) is 4.98 Å². The van der Waals surface area contributed by atoms with Crippen molar-refractivity contribution in [2.45, 2.75) is 49.8 Å². The standard InChI is InChI=1S/C24H20F4N4S/c1-2-32-22(21-16-6-3-4-8-19(16)29-20-9-5-7-17(20)21)30-31-23(32)33-13-14-10-11-15(25)12-18(14)24(26,27)28/h3-4,6,8,10-12H,2,5,7,9,13H2,1H3. The van der Waals surface area contributed by atoms with E-state index in [1.807, 2.05) is 35.8 Å². The normalized spacial score (nSPS) is 13.6. The Labute approximate surface area is 192 Å². The average Bonchev–Trinajstić information content (AvgIpc) is 3.42. The Hall–Kier alpha value is -2.94. The Kier molecular flexibility index (Phi) is 5.60. The molecule has 0 atom stereocenters. The summed E-state index contributed by atoms with van der Waals surface area (Å²) in [5.41, 5.74) is 3.20. The number of benzene rings is 2. The van der Waals surface area contributed by atoms with Crippen LogP contribution in [0.1, 0.15) is 35.7 Å². The minimum atomic E-state index is -4.63. The van der Waals surface area contributed by atoms with Crippen LogP contribution in [0.5, 0.6) is 0 Å². The summed E-state index contributed by atoms with van der Waals surface area (Å²) >= 11 is 1.17. The highest BCUT2D eigenvalue weighted by Gasteiger charge is 2.34. The number of hydrogen-bond acceptors (Lipinski definition) is 4. The van der Waals surface area contributed by atoms with Crippen molar-refractivity contribution in [2.24, 2.45) is 0 Å². The quantitative estimate of drug-likeness (QED) is 0.247. The van der Waals surface area contributed by atoms with Gasteiger partial charge in [-0.25, -0.2) is 4.39 Å². The number of thioether (sulfide) groups is 1. The fraction of sp³-hybridized carbons (Fsp3) is 0.292. The van der Waals surface area contributed by atoms with E-state index in [0.29, 0.717) is 23.6 Å². The van der Waals surface area contributed by atoms with Gasteiger partial charge in [-0.1, -0.05) is 36.0 Å². The van der Waals surface area contributed by atoms with Gasteiger partial charge in [-0.2, -0.15) is 13.2 Å². The summed E-state index contributed by atoms with van der Waals surface area (Å²) in [6.07, 6.45) is -1.78. The summed E-state index contributed by atoms with van der Waals surface area (Å²) in [7, 11) is 0.